The van der Waals surface area contributed by atoms with E-state index in [2.05, 4.69) is 0 Å². The van der Waals surface area contributed by atoms with Crippen LogP contribution in [0.3, 0.4) is 0 Å². The Kier molecular flexibility index (Phi) is 4.01. The first-order valence-electron chi connectivity index (χ1n) is 5.64. The number of carboxylic acids is 1. The van der Waals surface area contributed by atoms with Gasteiger partial charge in [-0.1, -0.05) is 23.2 Å². The van der Waals surface area contributed by atoms with Crippen molar-refractivity contribution in [3.63, 3.8) is 0 Å². The van der Waals surface area contributed by atoms with Crippen LogP contribution in [-0.2, 0) is 14.8 Å². The molecule has 1 aromatic rings. The topological polar surface area (TPSA) is 101 Å². The maximum atomic E-state index is 12.4. The van der Waals surface area contributed by atoms with Gasteiger partial charge in [0.2, 0.25) is 10.0 Å². The standard InChI is InChI=1S/C11H12Cl2N2O4S/c12-8-2-1-7(5-9(8)13)20(18,19)15-4-3-11(14,6-15)10(16)17/h1-2,5H,3-4,6,14H2,(H,16,17). The number of hydrogen-bond acceptors (Lipinski definition) is 4. The van der Waals surface area contributed by atoms with Gasteiger partial charge in [0, 0.05) is 13.1 Å². The van der Waals surface area contributed by atoms with E-state index in [4.69, 9.17) is 34.0 Å². The molecule has 0 saturated carbocycles. The molecule has 0 radical (unpaired) electrons. The molecular formula is C11H12Cl2N2O4S. The molecule has 9 heteroatoms. The highest BCUT2D eigenvalue weighted by atomic mass is 35.5. The van der Waals surface area contributed by atoms with Crippen LogP contribution < -0.4 is 5.73 Å². The van der Waals surface area contributed by atoms with Gasteiger partial charge in [0.05, 0.1) is 14.9 Å². The minimum atomic E-state index is -3.84. The van der Waals surface area contributed by atoms with E-state index in [1.54, 1.807) is 0 Å². The SMILES string of the molecule is NC1(C(=O)O)CCN(S(=O)(=O)c2ccc(Cl)c(Cl)c2)C1. The van der Waals surface area contributed by atoms with Crippen LogP contribution in [0.25, 0.3) is 0 Å². The summed E-state index contributed by atoms with van der Waals surface area (Å²) < 4.78 is 25.8. The number of nitrogens with two attached hydrogens (primary N) is 1. The third kappa shape index (κ3) is 2.64. The van der Waals surface area contributed by atoms with Gasteiger partial charge in [-0.15, -0.1) is 0 Å². The van der Waals surface area contributed by atoms with E-state index in [0.29, 0.717) is 0 Å². The van der Waals surface area contributed by atoms with Crippen LogP contribution in [0.4, 0.5) is 0 Å². The third-order valence-electron chi connectivity index (χ3n) is 3.22. The van der Waals surface area contributed by atoms with Crippen molar-refractivity contribution < 1.29 is 18.3 Å². The number of benzene rings is 1. The molecule has 1 aliphatic heterocycles. The fraction of sp³-hybridized carbons (Fsp3) is 0.364. The van der Waals surface area contributed by atoms with Crippen molar-refractivity contribution in [1.82, 2.24) is 4.31 Å². The second kappa shape index (κ2) is 5.16. The number of carbonyl (C=O) groups is 1. The molecule has 6 nitrogen and oxygen atoms in total. The van der Waals surface area contributed by atoms with Gasteiger partial charge in [0.1, 0.15) is 5.54 Å². The molecule has 0 amide bonds. The van der Waals surface area contributed by atoms with Gasteiger partial charge in [-0.05, 0) is 24.6 Å². The van der Waals surface area contributed by atoms with Gasteiger partial charge >= 0.3 is 5.97 Å². The Hall–Kier alpha value is -0.860. The van der Waals surface area contributed by atoms with E-state index in [1.165, 1.54) is 18.2 Å². The lowest BCUT2D eigenvalue weighted by molar-refractivity contribution is -0.142. The van der Waals surface area contributed by atoms with Crippen LogP contribution in [-0.4, -0.2) is 42.4 Å². The van der Waals surface area contributed by atoms with E-state index in [1.807, 2.05) is 0 Å². The van der Waals surface area contributed by atoms with E-state index in [0.717, 1.165) is 4.31 Å². The van der Waals surface area contributed by atoms with Crippen molar-refractivity contribution in [2.24, 2.45) is 5.73 Å². The molecule has 0 aromatic heterocycles. The van der Waals surface area contributed by atoms with Crippen LogP contribution in [0, 0.1) is 0 Å². The number of nitrogens with zero attached hydrogens (tertiary/aromatic N) is 1. The summed E-state index contributed by atoms with van der Waals surface area (Å²) in [6, 6.07) is 3.93. The van der Waals surface area contributed by atoms with Gasteiger partial charge in [-0.25, -0.2) is 8.42 Å². The van der Waals surface area contributed by atoms with E-state index >= 15 is 0 Å². The number of halogens is 2. The first kappa shape index (κ1) is 15.5. The average molecular weight is 339 g/mol. The normalized spacial score (nSPS) is 23.9. The Morgan fingerprint density at radius 2 is 2.00 bits per heavy atom. The summed E-state index contributed by atoms with van der Waals surface area (Å²) in [5.41, 5.74) is 4.12. The summed E-state index contributed by atoms with van der Waals surface area (Å²) in [5.74, 6) is -1.22. The smallest absolute Gasteiger partial charge is 0.325 e. The van der Waals surface area contributed by atoms with Gasteiger partial charge in [0.25, 0.3) is 0 Å². The molecule has 1 aromatic carbocycles. The van der Waals surface area contributed by atoms with Gasteiger partial charge < -0.3 is 10.8 Å². The number of sulfonamides is 1. The zero-order valence-electron chi connectivity index (χ0n) is 10.2. The van der Waals surface area contributed by atoms with E-state index in [-0.39, 0.29) is 34.5 Å². The molecule has 1 atom stereocenters. The Morgan fingerprint density at radius 3 is 2.50 bits per heavy atom. The maximum Gasteiger partial charge on any atom is 0.325 e. The quantitative estimate of drug-likeness (QED) is 0.861. The number of rotatable bonds is 3. The summed E-state index contributed by atoms with van der Waals surface area (Å²) in [4.78, 5) is 11.0. The lowest BCUT2D eigenvalue weighted by Gasteiger charge is -2.20. The van der Waals surface area contributed by atoms with Gasteiger partial charge in [-0.3, -0.25) is 4.79 Å². The number of hydrogen-bond donors (Lipinski definition) is 2. The molecule has 1 unspecified atom stereocenters. The molecule has 3 N–H and O–H groups in total. The van der Waals surface area contributed by atoms with Crippen LogP contribution in [0.1, 0.15) is 6.42 Å². The van der Waals surface area contributed by atoms with Crippen LogP contribution in [0.15, 0.2) is 23.1 Å². The molecule has 1 saturated heterocycles. The molecule has 110 valence electrons. The van der Waals surface area contributed by atoms with Crippen LogP contribution in [0.5, 0.6) is 0 Å². The molecule has 0 bridgehead atoms. The summed E-state index contributed by atoms with van der Waals surface area (Å²) >= 11 is 11.5. The number of carboxylic acid groups (broad SMARTS) is 1. The Labute approximate surface area is 126 Å². The first-order valence-corrected chi connectivity index (χ1v) is 7.84. The molecule has 20 heavy (non-hydrogen) atoms. The highest BCUT2D eigenvalue weighted by Crippen LogP contribution is 2.29. The molecule has 1 heterocycles. The summed E-state index contributed by atoms with van der Waals surface area (Å²) in [6.07, 6.45) is 0.0584. The van der Waals surface area contributed by atoms with Gasteiger partial charge in [-0.2, -0.15) is 4.31 Å². The minimum absolute atomic E-state index is 0.0402. The summed E-state index contributed by atoms with van der Waals surface area (Å²) in [7, 11) is -3.84. The zero-order valence-corrected chi connectivity index (χ0v) is 12.5. The largest absolute Gasteiger partial charge is 0.480 e. The summed E-state index contributed by atoms with van der Waals surface area (Å²) in [6.45, 7) is -0.226. The lowest BCUT2D eigenvalue weighted by atomic mass is 10.0. The van der Waals surface area contributed by atoms with E-state index < -0.39 is 21.5 Å². The Morgan fingerprint density at radius 1 is 1.35 bits per heavy atom. The van der Waals surface area contributed by atoms with Crippen molar-refractivity contribution in [1.29, 1.82) is 0 Å². The van der Waals surface area contributed by atoms with Crippen LogP contribution >= 0.6 is 23.2 Å². The number of aliphatic carboxylic acids is 1. The van der Waals surface area contributed by atoms with Crippen molar-refractivity contribution in [3.05, 3.63) is 28.2 Å². The summed E-state index contributed by atoms with van der Waals surface area (Å²) in [5, 5.41) is 9.38. The highest BCUT2D eigenvalue weighted by Gasteiger charge is 2.45. The Balaban J connectivity index is 2.33. The Bertz CT molecular complexity index is 664. The first-order chi connectivity index (χ1) is 9.17. The maximum absolute atomic E-state index is 12.4. The molecule has 0 aliphatic carbocycles. The molecule has 1 fully saturated rings. The molecule has 2 rings (SSSR count). The molecule has 0 spiro atoms. The fourth-order valence-electron chi connectivity index (χ4n) is 1.96. The second-order valence-electron chi connectivity index (χ2n) is 4.63. The zero-order chi connectivity index (χ0) is 15.1. The molecular weight excluding hydrogens is 327 g/mol. The minimum Gasteiger partial charge on any atom is -0.480 e. The monoisotopic (exact) mass is 338 g/mol. The van der Waals surface area contributed by atoms with Crippen molar-refractivity contribution >= 4 is 39.2 Å². The predicted molar refractivity (Wildman–Crippen MR) is 74.4 cm³/mol. The average Bonchev–Trinajstić information content (AvgIpc) is 2.77. The van der Waals surface area contributed by atoms with E-state index in [9.17, 15) is 13.2 Å². The van der Waals surface area contributed by atoms with Crippen molar-refractivity contribution in [2.75, 3.05) is 13.1 Å². The predicted octanol–water partition coefficient (Wildman–Crippen LogP) is 1.17. The lowest BCUT2D eigenvalue weighted by Crippen LogP contribution is -2.50. The van der Waals surface area contributed by atoms with Crippen molar-refractivity contribution in [2.45, 2.75) is 16.9 Å². The van der Waals surface area contributed by atoms with Crippen molar-refractivity contribution in [3.8, 4) is 0 Å². The fourth-order valence-corrected chi connectivity index (χ4v) is 3.86. The highest BCUT2D eigenvalue weighted by molar-refractivity contribution is 7.89. The third-order valence-corrected chi connectivity index (χ3v) is 5.80. The van der Waals surface area contributed by atoms with Crippen LogP contribution in [0.2, 0.25) is 10.0 Å². The second-order valence-corrected chi connectivity index (χ2v) is 7.38. The molecule has 1 aliphatic rings. The van der Waals surface area contributed by atoms with Gasteiger partial charge in [0.15, 0.2) is 0 Å².